The minimum atomic E-state index is -1.05. The highest BCUT2D eigenvalue weighted by molar-refractivity contribution is 6.15. The lowest BCUT2D eigenvalue weighted by molar-refractivity contribution is -0.148. The van der Waals surface area contributed by atoms with Gasteiger partial charge in [-0.3, -0.25) is 76.7 Å². The van der Waals surface area contributed by atoms with Crippen LogP contribution in [0, 0.1) is 11.8 Å². The van der Waals surface area contributed by atoms with Gasteiger partial charge in [0.1, 0.15) is 47.0 Å². The molecule has 0 radical (unpaired) electrons. The first kappa shape index (κ1) is 108. The molecule has 32 heteroatoms. The third kappa shape index (κ3) is 67.8. The van der Waals surface area contributed by atoms with Gasteiger partial charge in [-0.1, -0.05) is 94.9 Å². The largest absolute Gasteiger partial charge is 0.481 e. The first-order chi connectivity index (χ1) is 50.7. The smallest absolute Gasteiger partial charge is 0.326 e. The summed E-state index contributed by atoms with van der Waals surface area (Å²) in [7, 11) is 1.53. The second-order valence-corrected chi connectivity index (χ2v) is 26.0. The maximum absolute atomic E-state index is 12.5. The molecule has 2 unspecified atom stereocenters. The van der Waals surface area contributed by atoms with E-state index in [1.165, 1.54) is 20.9 Å². The van der Waals surface area contributed by atoms with Crippen LogP contribution < -0.4 is 46.9 Å². The van der Waals surface area contributed by atoms with Crippen molar-refractivity contribution in [3.05, 3.63) is 0 Å². The van der Waals surface area contributed by atoms with E-state index in [0.29, 0.717) is 148 Å². The van der Waals surface area contributed by atoms with Gasteiger partial charge in [0.2, 0.25) is 41.4 Å². The second-order valence-electron chi connectivity index (χ2n) is 25.5. The maximum Gasteiger partial charge on any atom is 0.326 e. The van der Waals surface area contributed by atoms with Crippen LogP contribution >= 0.6 is 23.6 Å². The van der Waals surface area contributed by atoms with Crippen LogP contribution in [0.5, 0.6) is 0 Å². The molecule has 107 heavy (non-hydrogen) atoms. The molecule has 0 saturated carbocycles. The van der Waals surface area contributed by atoms with E-state index in [4.69, 9.17) is 43.2 Å². The molecule has 0 aromatic rings. The van der Waals surface area contributed by atoms with E-state index >= 15 is 0 Å². The molecule has 0 saturated heterocycles. The number of nitrogens with one attached hydrogen (secondary N) is 9. The van der Waals surface area contributed by atoms with Gasteiger partial charge < -0.3 is 56.9 Å². The van der Waals surface area contributed by atoms with Crippen molar-refractivity contribution in [3.8, 4) is 0 Å². The summed E-state index contributed by atoms with van der Waals surface area (Å²) in [5.74, 6) is -3.40. The zero-order valence-electron chi connectivity index (χ0n) is 66.3. The summed E-state index contributed by atoms with van der Waals surface area (Å²) >= 11 is 10.4. The second kappa shape index (κ2) is 72.9. The van der Waals surface area contributed by atoms with Crippen molar-refractivity contribution in [2.75, 3.05) is 39.9 Å². The fraction of sp³-hybridized carbons (Fsp3) is 0.773. The summed E-state index contributed by atoms with van der Waals surface area (Å²) in [4.78, 5) is 198. The third-order valence-corrected chi connectivity index (χ3v) is 17.2. The molecule has 11 N–H and O–H groups in total. The van der Waals surface area contributed by atoms with Crippen LogP contribution in [0.1, 0.15) is 295 Å². The van der Waals surface area contributed by atoms with Crippen LogP contribution in [0.2, 0.25) is 0 Å². The van der Waals surface area contributed by atoms with Crippen molar-refractivity contribution in [1.82, 2.24) is 46.9 Å². The van der Waals surface area contributed by atoms with Crippen molar-refractivity contribution < 1.29 is 101 Å². The van der Waals surface area contributed by atoms with Crippen molar-refractivity contribution in [2.45, 2.75) is 325 Å². The summed E-state index contributed by atoms with van der Waals surface area (Å²) in [6, 6.07) is -2.87. The number of ketones is 6. The van der Waals surface area contributed by atoms with Crippen LogP contribution in [0.3, 0.4) is 0 Å². The highest BCUT2D eigenvalue weighted by Crippen LogP contribution is 2.16. The number of carbonyl (C=O) groups excluding carboxylic acids is 15. The molecular weight excluding hydrogens is 1430 g/mol. The van der Waals surface area contributed by atoms with Gasteiger partial charge in [-0.25, -0.2) is 14.5 Å². The van der Waals surface area contributed by atoms with Gasteiger partial charge in [0.25, 0.3) is 0 Å². The van der Waals surface area contributed by atoms with Gasteiger partial charge in [-0.15, -0.1) is 0 Å². The first-order valence-corrected chi connectivity index (χ1v) is 39.0. The van der Waals surface area contributed by atoms with E-state index in [0.717, 1.165) is 51.4 Å². The lowest BCUT2D eigenvalue weighted by Gasteiger charge is -2.18. The molecule has 0 aliphatic rings. The Labute approximate surface area is 645 Å². The number of unbranched alkanes of at least 4 members (excludes halogenated alkanes) is 2. The predicted octanol–water partition coefficient (Wildman–Crippen LogP) is 8.72. The van der Waals surface area contributed by atoms with Crippen molar-refractivity contribution in [2.24, 2.45) is 11.8 Å². The summed E-state index contributed by atoms with van der Waals surface area (Å²) in [6.07, 6.45) is 15.9. The highest BCUT2D eigenvalue weighted by Gasteiger charge is 2.24. The molecule has 7 atom stereocenters. The molecule has 0 fully saturated rings. The molecule has 0 aromatic carbocycles. The van der Waals surface area contributed by atoms with Crippen LogP contribution in [-0.2, 0) is 91.0 Å². The van der Waals surface area contributed by atoms with Gasteiger partial charge in [0, 0.05) is 110 Å². The number of amides is 7. The van der Waals surface area contributed by atoms with Crippen LogP contribution in [-0.4, -0.2) is 180 Å². The minimum absolute atomic E-state index is 0.0157. The Bertz CT molecular complexity index is 2560. The van der Waals surface area contributed by atoms with E-state index in [9.17, 15) is 81.5 Å². The average molecular weight is 1570 g/mol. The van der Waals surface area contributed by atoms with Crippen molar-refractivity contribution in [3.63, 3.8) is 0 Å². The molecule has 30 nitrogen and oxygen atoms in total. The van der Waals surface area contributed by atoms with Gasteiger partial charge in [0.05, 0.1) is 44.6 Å². The number of aliphatic carboxylic acids is 2. The number of carbonyl (C=O) groups is 17. The number of hydrogen-bond donors (Lipinski definition) is 11. The van der Waals surface area contributed by atoms with E-state index in [1.807, 2.05) is 27.7 Å². The molecule has 0 spiro atoms. The van der Waals surface area contributed by atoms with Crippen LogP contribution in [0.15, 0.2) is 0 Å². The number of halogens is 2. The van der Waals surface area contributed by atoms with Crippen molar-refractivity contribution >= 4 is 123 Å². The van der Waals surface area contributed by atoms with E-state index in [-0.39, 0.29) is 145 Å². The minimum Gasteiger partial charge on any atom is -0.481 e. The Morgan fingerprint density at radius 3 is 0.963 bits per heavy atom. The zero-order valence-corrected chi connectivity index (χ0v) is 67.8. The monoisotopic (exact) mass is 1570 g/mol. The Morgan fingerprint density at radius 1 is 0.346 bits per heavy atom. The molecule has 618 valence electrons. The quantitative estimate of drug-likeness (QED) is 0.0154. The summed E-state index contributed by atoms with van der Waals surface area (Å²) < 4.78 is 10.4. The van der Waals surface area contributed by atoms with Gasteiger partial charge in [-0.05, 0) is 133 Å². The molecule has 0 bridgehead atoms. The summed E-state index contributed by atoms with van der Waals surface area (Å²) in [5.41, 5.74) is 0. The topological polar surface area (TPSA) is 457 Å². The number of rotatable bonds is 59. The number of carboxylic acids is 2. The molecular formula is C75H133Cl2N9O21. The summed E-state index contributed by atoms with van der Waals surface area (Å²) in [6.45, 7) is 23.2. The highest BCUT2D eigenvalue weighted by atomic mass is 35.5. The molecule has 0 aliphatic heterocycles. The van der Waals surface area contributed by atoms with Crippen molar-refractivity contribution in [1.29, 1.82) is 0 Å². The maximum atomic E-state index is 12.5. The molecule has 7 amide bonds. The lowest BCUT2D eigenvalue weighted by atomic mass is 10.00. The Morgan fingerprint density at radius 2 is 0.673 bits per heavy atom. The standard InChI is InChI=1S/C24H43N3O6.C23H40N2O7.C12H21NO3.C11H19NO4.C5H10Cl2N2O/c1-5-18(17-33-23(31)15-14-22(30)25-4)11-8-9-16-26-24(32)20(27-21(29)7-3)13-10-12-19(28)6-2;1-4-17(16-32-22(30)14-13-21(28)29)10-7-8-15-24-23(31)19(25-20(27)6-3)12-9-11-18(26)5-2;1-4-10(15)7-6-8-11(9(3)14)13-12(16)5-2;1-3-8(13)6-5-7-9(11(15)16)12-10(14)4-2;1-4(10)5(9-7)2-3-8-6/h18,20H,5-17H2,1-4H3,(H,25,30)(H,26,32)(H,27,29);17,19H,4-16H2,1-3H3,(H,24,31)(H,25,27)(H,28,29);11H,4-8H2,1-3H3,(H,13,16);9H,3-7H2,1-2H3,(H,12,14)(H,15,16);5,8-9H,2-3H2,1H3/t18?,20-;17?,19-;11-;9-;5-/m00000/s1. The first-order valence-electron chi connectivity index (χ1n) is 38.2. The number of Topliss-reactive ketones (excluding diaryl/α,β-unsaturated/α-hetero) is 6. The zero-order chi connectivity index (χ0) is 82.5. The Kier molecular flexibility index (Phi) is 73.7. The van der Waals surface area contributed by atoms with E-state index in [2.05, 4.69) is 46.9 Å². The van der Waals surface area contributed by atoms with Crippen LogP contribution in [0.4, 0.5) is 0 Å². The van der Waals surface area contributed by atoms with E-state index in [1.54, 1.807) is 41.5 Å². The fourth-order valence-corrected chi connectivity index (χ4v) is 9.70. The Balaban J connectivity index is -0.000000431. The fourth-order valence-electron chi connectivity index (χ4n) is 9.32. The molecule has 0 aliphatic carbocycles. The molecule has 0 aromatic heterocycles. The summed E-state index contributed by atoms with van der Waals surface area (Å²) in [5, 5.41) is 36.2. The number of ether oxygens (including phenoxy) is 2. The number of hydrogen-bond acceptors (Lipinski definition) is 21. The van der Waals surface area contributed by atoms with E-state index < -0.39 is 42.1 Å². The third-order valence-electron chi connectivity index (χ3n) is 16.7. The van der Waals surface area contributed by atoms with Gasteiger partial charge in [0.15, 0.2) is 5.78 Å². The number of carboxylic acid groups (broad SMARTS) is 2. The Hall–Kier alpha value is -7.31. The molecule has 0 rings (SSSR count). The normalized spacial score (nSPS) is 12.3. The lowest BCUT2D eigenvalue weighted by Crippen LogP contribution is -2.46. The average Bonchev–Trinajstić information content (AvgIpc) is 0.924. The number of esters is 2. The SMILES string of the molecule is CC(=O)[C@H](CCNCl)NCl.CCC(=O)CCC[C@H](NC(=O)CC)C(=O)NCCCCC(CC)COC(=O)CCC(=O)NC.CCC(=O)CCC[C@H](NC(=O)CC)C(=O)NCCCCC(CC)COC(=O)CCC(=O)O.CCC(=O)CCC[C@H](NC(=O)CC)C(=O)O.CCC(=O)CCC[C@H](NC(=O)CC)C(C)=O. The predicted molar refractivity (Wildman–Crippen MR) is 409 cm³/mol. The van der Waals surface area contributed by atoms with Gasteiger partial charge in [-0.2, -0.15) is 0 Å². The van der Waals surface area contributed by atoms with Crippen LogP contribution in [0.25, 0.3) is 0 Å². The van der Waals surface area contributed by atoms with Gasteiger partial charge >= 0.3 is 23.9 Å². The molecule has 0 heterocycles.